The first kappa shape index (κ1) is 13.1. The molecule has 0 aromatic carbocycles. The second-order valence-corrected chi connectivity index (χ2v) is 5.32. The topological polar surface area (TPSA) is 68.0 Å². The van der Waals surface area contributed by atoms with E-state index in [-0.39, 0.29) is 11.9 Å². The highest BCUT2D eigenvalue weighted by Gasteiger charge is 2.06. The lowest BCUT2D eigenvalue weighted by Gasteiger charge is -2.05. The Hall–Kier alpha value is -0.940. The Morgan fingerprint density at radius 1 is 1.56 bits per heavy atom. The van der Waals surface area contributed by atoms with E-state index in [1.165, 1.54) is 4.88 Å². The van der Waals surface area contributed by atoms with Crippen molar-refractivity contribution in [2.45, 2.75) is 39.7 Å². The van der Waals surface area contributed by atoms with E-state index in [0.29, 0.717) is 13.0 Å². The predicted molar refractivity (Wildman–Crippen MR) is 66.6 cm³/mol. The van der Waals surface area contributed by atoms with E-state index < -0.39 is 0 Å². The minimum atomic E-state index is -0.0793. The summed E-state index contributed by atoms with van der Waals surface area (Å²) in [6, 6.07) is -0.0793. The van der Waals surface area contributed by atoms with Crippen LogP contribution in [0, 0.1) is 13.8 Å². The second kappa shape index (κ2) is 5.96. The van der Waals surface area contributed by atoms with E-state index in [4.69, 9.17) is 5.73 Å². The van der Waals surface area contributed by atoms with Crippen LogP contribution in [0.25, 0.3) is 0 Å². The molecule has 0 radical (unpaired) electrons. The molecule has 1 rings (SSSR count). The number of thiazole rings is 1. The molecule has 0 spiro atoms. The van der Waals surface area contributed by atoms with Crippen molar-refractivity contribution >= 4 is 17.2 Å². The van der Waals surface area contributed by atoms with Crippen LogP contribution < -0.4 is 11.1 Å². The molecule has 90 valence electrons. The monoisotopic (exact) mass is 241 g/mol. The van der Waals surface area contributed by atoms with E-state index in [9.17, 15) is 4.79 Å². The minimum absolute atomic E-state index is 0.0139. The fourth-order valence-electron chi connectivity index (χ4n) is 1.32. The molecule has 1 unspecified atom stereocenters. The number of amides is 1. The molecule has 16 heavy (non-hydrogen) atoms. The number of aryl methyl sites for hydroxylation is 2. The Morgan fingerprint density at radius 3 is 2.75 bits per heavy atom. The summed E-state index contributed by atoms with van der Waals surface area (Å²) in [7, 11) is 0. The van der Waals surface area contributed by atoms with Crippen LogP contribution in [0.2, 0.25) is 0 Å². The Bertz CT molecular complexity index is 341. The van der Waals surface area contributed by atoms with Gasteiger partial charge in [-0.05, 0) is 20.8 Å². The Morgan fingerprint density at radius 2 is 2.25 bits per heavy atom. The third-order valence-corrected chi connectivity index (χ3v) is 3.37. The largest absolute Gasteiger partial charge is 0.356 e. The van der Waals surface area contributed by atoms with Gasteiger partial charge in [0.1, 0.15) is 0 Å². The molecule has 0 aliphatic rings. The highest BCUT2D eigenvalue weighted by atomic mass is 32.1. The van der Waals surface area contributed by atoms with Crippen LogP contribution in [0.1, 0.15) is 28.9 Å². The predicted octanol–water partition coefficient (Wildman–Crippen LogP) is 1.16. The van der Waals surface area contributed by atoms with Crippen molar-refractivity contribution in [3.8, 4) is 0 Å². The molecule has 1 aromatic rings. The summed E-state index contributed by atoms with van der Waals surface area (Å²) >= 11 is 1.69. The van der Waals surface area contributed by atoms with Crippen molar-refractivity contribution in [3.63, 3.8) is 0 Å². The quantitative estimate of drug-likeness (QED) is 0.812. The van der Waals surface area contributed by atoms with E-state index in [2.05, 4.69) is 17.2 Å². The lowest BCUT2D eigenvalue weighted by molar-refractivity contribution is -0.121. The summed E-state index contributed by atoms with van der Waals surface area (Å²) in [5.41, 5.74) is 6.61. The molecule has 0 saturated carbocycles. The molecule has 1 aromatic heterocycles. The molecular weight excluding hydrogens is 222 g/mol. The molecule has 1 heterocycles. The van der Waals surface area contributed by atoms with Crippen molar-refractivity contribution in [1.82, 2.24) is 10.3 Å². The van der Waals surface area contributed by atoms with Gasteiger partial charge < -0.3 is 11.1 Å². The summed E-state index contributed by atoms with van der Waals surface area (Å²) < 4.78 is 0. The number of carbonyl (C=O) groups excluding carboxylic acids is 1. The molecule has 4 nitrogen and oxygen atoms in total. The molecule has 1 atom stereocenters. The van der Waals surface area contributed by atoms with Gasteiger partial charge in [-0.3, -0.25) is 4.79 Å². The molecule has 0 aliphatic carbocycles. The van der Waals surface area contributed by atoms with Crippen LogP contribution in [0.15, 0.2) is 0 Å². The summed E-state index contributed by atoms with van der Waals surface area (Å²) in [6.45, 7) is 6.53. The van der Waals surface area contributed by atoms with E-state index in [0.717, 1.165) is 17.1 Å². The zero-order chi connectivity index (χ0) is 12.1. The minimum Gasteiger partial charge on any atom is -0.356 e. The number of hydrogen-bond acceptors (Lipinski definition) is 4. The van der Waals surface area contributed by atoms with Crippen molar-refractivity contribution in [2.24, 2.45) is 5.73 Å². The highest BCUT2D eigenvalue weighted by Crippen LogP contribution is 2.16. The normalized spacial score (nSPS) is 12.5. The second-order valence-electron chi connectivity index (χ2n) is 4.03. The number of nitrogens with two attached hydrogens (primary N) is 1. The van der Waals surface area contributed by atoms with Crippen LogP contribution >= 0.6 is 11.3 Å². The first-order valence-corrected chi connectivity index (χ1v) is 6.26. The molecule has 0 aliphatic heterocycles. The average molecular weight is 241 g/mol. The summed E-state index contributed by atoms with van der Waals surface area (Å²) in [6.07, 6.45) is 1.18. The lowest BCUT2D eigenvalue weighted by atomic mass is 10.2. The van der Waals surface area contributed by atoms with Crippen molar-refractivity contribution < 1.29 is 4.79 Å². The Kier molecular flexibility index (Phi) is 4.89. The number of aromatic nitrogens is 1. The van der Waals surface area contributed by atoms with Gasteiger partial charge in [0.2, 0.25) is 5.91 Å². The number of carbonyl (C=O) groups is 1. The lowest BCUT2D eigenvalue weighted by Crippen LogP contribution is -2.31. The fourth-order valence-corrected chi connectivity index (χ4v) is 2.25. The maximum absolute atomic E-state index is 11.3. The summed E-state index contributed by atoms with van der Waals surface area (Å²) in [4.78, 5) is 17.0. The number of rotatable bonds is 5. The number of nitrogens with one attached hydrogen (secondary N) is 1. The van der Waals surface area contributed by atoms with Crippen LogP contribution in [-0.2, 0) is 11.2 Å². The molecule has 5 heteroatoms. The zero-order valence-electron chi connectivity index (χ0n) is 10.0. The molecule has 3 N–H and O–H groups in total. The van der Waals surface area contributed by atoms with Gasteiger partial charge in [-0.2, -0.15) is 0 Å². The number of nitrogens with zero attached hydrogens (tertiary/aromatic N) is 1. The number of hydrogen-bond donors (Lipinski definition) is 2. The fraction of sp³-hybridized carbons (Fsp3) is 0.636. The standard InChI is InChI=1S/C11H19N3OS/c1-7(12)6-10(15)13-5-4-11-14-8(2)9(3)16-11/h7H,4-6,12H2,1-3H3,(H,13,15). The van der Waals surface area contributed by atoms with Gasteiger partial charge in [-0.25, -0.2) is 4.98 Å². The third kappa shape index (κ3) is 4.28. The van der Waals surface area contributed by atoms with Crippen molar-refractivity contribution in [3.05, 3.63) is 15.6 Å². The zero-order valence-corrected chi connectivity index (χ0v) is 10.9. The van der Waals surface area contributed by atoms with Gasteiger partial charge in [0.25, 0.3) is 0 Å². The van der Waals surface area contributed by atoms with Gasteiger partial charge in [0, 0.05) is 30.3 Å². The summed E-state index contributed by atoms with van der Waals surface area (Å²) in [5.74, 6) is 0.0139. The maximum atomic E-state index is 11.3. The van der Waals surface area contributed by atoms with Gasteiger partial charge in [0.05, 0.1) is 10.7 Å². The summed E-state index contributed by atoms with van der Waals surface area (Å²) in [5, 5.41) is 3.92. The van der Waals surface area contributed by atoms with Gasteiger partial charge in [-0.15, -0.1) is 11.3 Å². The SMILES string of the molecule is Cc1nc(CCNC(=O)CC(C)N)sc1C. The molecule has 0 bridgehead atoms. The van der Waals surface area contributed by atoms with E-state index >= 15 is 0 Å². The first-order valence-electron chi connectivity index (χ1n) is 5.44. The Balaban J connectivity index is 2.28. The smallest absolute Gasteiger partial charge is 0.221 e. The first-order chi connectivity index (χ1) is 7.49. The average Bonchev–Trinajstić information content (AvgIpc) is 2.44. The van der Waals surface area contributed by atoms with Gasteiger partial charge >= 0.3 is 0 Å². The van der Waals surface area contributed by atoms with Crippen molar-refractivity contribution in [2.75, 3.05) is 6.54 Å². The Labute approximate surface area is 100 Å². The molecule has 1 amide bonds. The van der Waals surface area contributed by atoms with Crippen LogP contribution in [0.3, 0.4) is 0 Å². The van der Waals surface area contributed by atoms with Gasteiger partial charge in [0.15, 0.2) is 0 Å². The molecular formula is C11H19N3OS. The van der Waals surface area contributed by atoms with Crippen LogP contribution in [0.4, 0.5) is 0 Å². The highest BCUT2D eigenvalue weighted by molar-refractivity contribution is 7.11. The van der Waals surface area contributed by atoms with Gasteiger partial charge in [-0.1, -0.05) is 0 Å². The molecule has 0 fully saturated rings. The maximum Gasteiger partial charge on any atom is 0.221 e. The molecule has 0 saturated heterocycles. The van der Waals surface area contributed by atoms with Crippen LogP contribution in [-0.4, -0.2) is 23.5 Å². The van der Waals surface area contributed by atoms with E-state index in [1.54, 1.807) is 11.3 Å². The third-order valence-electron chi connectivity index (χ3n) is 2.24. The van der Waals surface area contributed by atoms with Crippen LogP contribution in [0.5, 0.6) is 0 Å². The van der Waals surface area contributed by atoms with Crippen molar-refractivity contribution in [1.29, 1.82) is 0 Å². The van der Waals surface area contributed by atoms with E-state index in [1.807, 2.05) is 13.8 Å².